The third kappa shape index (κ3) is 2.54. The van der Waals surface area contributed by atoms with Gasteiger partial charge >= 0.3 is 0 Å². The quantitative estimate of drug-likeness (QED) is 0.875. The molecule has 2 bridgehead atoms. The largest absolute Gasteiger partial charge is 0.454 e. The summed E-state index contributed by atoms with van der Waals surface area (Å²) >= 11 is 0. The lowest BCUT2D eigenvalue weighted by atomic mass is 9.78. The average molecular weight is 371 g/mol. The van der Waals surface area contributed by atoms with Crippen LogP contribution < -0.4 is 19.1 Å². The SMILES string of the molecule is CN(C)c1ccc2c(c1)OC(=N)C(C#N)C2c1cc2c(F)c(F)c1OCO2. The minimum absolute atomic E-state index is 0.250. The molecule has 3 aliphatic rings. The number of hydrogen-bond donors (Lipinski definition) is 1. The van der Waals surface area contributed by atoms with E-state index in [4.69, 9.17) is 19.6 Å². The maximum atomic E-state index is 14.4. The van der Waals surface area contributed by atoms with Gasteiger partial charge in [0.25, 0.3) is 0 Å². The summed E-state index contributed by atoms with van der Waals surface area (Å²) in [5.74, 6) is -4.54. The molecule has 0 saturated heterocycles. The van der Waals surface area contributed by atoms with E-state index in [1.807, 2.05) is 31.1 Å². The molecule has 0 aliphatic carbocycles. The molecule has 1 N–H and O–H groups in total. The molecule has 2 atom stereocenters. The zero-order valence-corrected chi connectivity index (χ0v) is 14.5. The average Bonchev–Trinajstić information content (AvgIpc) is 2.94. The number of anilines is 1. The molecule has 2 aromatic rings. The number of ether oxygens (including phenoxy) is 3. The highest BCUT2D eigenvalue weighted by Crippen LogP contribution is 2.48. The first-order valence-electron chi connectivity index (χ1n) is 8.17. The van der Waals surface area contributed by atoms with Gasteiger partial charge in [0.1, 0.15) is 11.7 Å². The van der Waals surface area contributed by atoms with Gasteiger partial charge < -0.3 is 19.1 Å². The zero-order chi connectivity index (χ0) is 19.3. The number of nitriles is 1. The van der Waals surface area contributed by atoms with Gasteiger partial charge in [-0.15, -0.1) is 0 Å². The first kappa shape index (κ1) is 17.1. The number of hydrogen-bond acceptors (Lipinski definition) is 6. The molecule has 0 aromatic heterocycles. The minimum Gasteiger partial charge on any atom is -0.454 e. The number of nitrogens with zero attached hydrogens (tertiary/aromatic N) is 2. The molecule has 8 heteroatoms. The van der Waals surface area contributed by atoms with Crippen molar-refractivity contribution >= 4 is 11.6 Å². The summed E-state index contributed by atoms with van der Waals surface area (Å²) in [6, 6.07) is 8.69. The van der Waals surface area contributed by atoms with Gasteiger partial charge in [0, 0.05) is 42.9 Å². The molecule has 2 unspecified atom stereocenters. The van der Waals surface area contributed by atoms with Gasteiger partial charge in [-0.05, 0) is 12.1 Å². The molecular weight excluding hydrogens is 356 g/mol. The number of benzene rings is 2. The molecule has 5 rings (SSSR count). The molecular formula is C19H15F2N3O3. The van der Waals surface area contributed by atoms with Gasteiger partial charge in [0.05, 0.1) is 6.07 Å². The summed E-state index contributed by atoms with van der Waals surface area (Å²) in [5.41, 5.74) is 1.68. The van der Waals surface area contributed by atoms with Gasteiger partial charge in [-0.2, -0.15) is 14.0 Å². The van der Waals surface area contributed by atoms with Crippen molar-refractivity contribution in [1.29, 1.82) is 10.7 Å². The van der Waals surface area contributed by atoms with Crippen LogP contribution in [0.25, 0.3) is 0 Å². The molecule has 0 amide bonds. The summed E-state index contributed by atoms with van der Waals surface area (Å²) in [6.45, 7) is -0.337. The monoisotopic (exact) mass is 371 g/mol. The minimum atomic E-state index is -1.17. The van der Waals surface area contributed by atoms with Crippen LogP contribution in [-0.4, -0.2) is 26.8 Å². The van der Waals surface area contributed by atoms with Crippen molar-refractivity contribution in [2.45, 2.75) is 5.92 Å². The summed E-state index contributed by atoms with van der Waals surface area (Å²) in [4.78, 5) is 1.87. The highest BCUT2D eigenvalue weighted by molar-refractivity contribution is 5.86. The van der Waals surface area contributed by atoms with E-state index in [1.165, 1.54) is 6.07 Å². The molecule has 2 aromatic carbocycles. The Morgan fingerprint density at radius 1 is 1.11 bits per heavy atom. The van der Waals surface area contributed by atoms with Crippen LogP contribution in [0.4, 0.5) is 14.5 Å². The highest BCUT2D eigenvalue weighted by Gasteiger charge is 2.41. The Hall–Kier alpha value is -3.34. The van der Waals surface area contributed by atoms with Crippen molar-refractivity contribution < 1.29 is 23.0 Å². The van der Waals surface area contributed by atoms with Gasteiger partial charge in [-0.1, -0.05) is 6.07 Å². The molecule has 3 heterocycles. The Morgan fingerprint density at radius 2 is 1.89 bits per heavy atom. The van der Waals surface area contributed by atoms with Crippen LogP contribution in [0.5, 0.6) is 17.2 Å². The topological polar surface area (TPSA) is 78.6 Å². The van der Waals surface area contributed by atoms with Gasteiger partial charge in [0.15, 0.2) is 11.5 Å². The Labute approximate surface area is 154 Å². The molecule has 6 nitrogen and oxygen atoms in total. The molecule has 3 aliphatic heterocycles. The molecule has 27 heavy (non-hydrogen) atoms. The smallest absolute Gasteiger partial charge is 0.231 e. The summed E-state index contributed by atoms with van der Waals surface area (Å²) < 4.78 is 44.3. The van der Waals surface area contributed by atoms with Crippen LogP contribution in [0, 0.1) is 34.3 Å². The predicted molar refractivity (Wildman–Crippen MR) is 92.6 cm³/mol. The Kier molecular flexibility index (Phi) is 3.88. The molecule has 0 spiro atoms. The third-order valence-electron chi connectivity index (χ3n) is 4.73. The second-order valence-electron chi connectivity index (χ2n) is 6.49. The van der Waals surface area contributed by atoms with Crippen molar-refractivity contribution in [2.24, 2.45) is 5.92 Å². The van der Waals surface area contributed by atoms with Gasteiger partial charge in [-0.25, -0.2) is 0 Å². The summed E-state index contributed by atoms with van der Waals surface area (Å²) in [5, 5.41) is 17.7. The fourth-order valence-electron chi connectivity index (χ4n) is 3.38. The van der Waals surface area contributed by atoms with E-state index in [9.17, 15) is 14.0 Å². The molecule has 0 radical (unpaired) electrons. The maximum Gasteiger partial charge on any atom is 0.231 e. The van der Waals surface area contributed by atoms with Crippen molar-refractivity contribution in [2.75, 3.05) is 25.8 Å². The van der Waals surface area contributed by atoms with E-state index in [-0.39, 0.29) is 29.8 Å². The second-order valence-corrected chi connectivity index (χ2v) is 6.49. The van der Waals surface area contributed by atoms with E-state index in [2.05, 4.69) is 0 Å². The van der Waals surface area contributed by atoms with Crippen molar-refractivity contribution in [3.05, 3.63) is 47.0 Å². The molecule has 0 saturated carbocycles. The van der Waals surface area contributed by atoms with Crippen LogP contribution in [0.15, 0.2) is 24.3 Å². The number of halogens is 2. The van der Waals surface area contributed by atoms with Crippen LogP contribution in [0.1, 0.15) is 17.0 Å². The first-order valence-corrected chi connectivity index (χ1v) is 8.17. The standard InChI is InChI=1S/C19H15F2N3O3/c1-24(2)9-3-4-10-13(5-9)27-19(23)12(7-22)15(10)11-6-14-16(20)17(21)18(11)26-8-25-14/h3-6,12,15,23H,8H2,1-2H3. The van der Waals surface area contributed by atoms with Gasteiger partial charge in [-0.3, -0.25) is 5.41 Å². The van der Waals surface area contributed by atoms with Crippen molar-refractivity contribution in [3.63, 3.8) is 0 Å². The van der Waals surface area contributed by atoms with E-state index in [0.717, 1.165) is 5.69 Å². The van der Waals surface area contributed by atoms with Crippen LogP contribution in [0.3, 0.4) is 0 Å². The lowest BCUT2D eigenvalue weighted by Crippen LogP contribution is -2.31. The van der Waals surface area contributed by atoms with E-state index in [0.29, 0.717) is 11.3 Å². The Bertz CT molecular complexity index is 1000. The van der Waals surface area contributed by atoms with Crippen molar-refractivity contribution in [1.82, 2.24) is 0 Å². The third-order valence-corrected chi connectivity index (χ3v) is 4.73. The molecule has 138 valence electrons. The highest BCUT2D eigenvalue weighted by atomic mass is 19.2. The summed E-state index contributed by atoms with van der Waals surface area (Å²) in [7, 11) is 3.72. The zero-order valence-electron chi connectivity index (χ0n) is 14.5. The van der Waals surface area contributed by atoms with Gasteiger partial charge in [0.2, 0.25) is 24.3 Å². The summed E-state index contributed by atoms with van der Waals surface area (Å²) in [6.07, 6.45) is 0. The van der Waals surface area contributed by atoms with E-state index in [1.54, 1.807) is 12.1 Å². The van der Waals surface area contributed by atoms with Crippen molar-refractivity contribution in [3.8, 4) is 23.3 Å². The first-order chi connectivity index (χ1) is 12.9. The molecule has 0 fully saturated rings. The predicted octanol–water partition coefficient (Wildman–Crippen LogP) is 3.40. The Balaban J connectivity index is 1.95. The van der Waals surface area contributed by atoms with Crippen LogP contribution in [0.2, 0.25) is 0 Å². The lowest BCUT2D eigenvalue weighted by Gasteiger charge is -2.31. The number of nitrogens with one attached hydrogen (secondary N) is 1. The fraction of sp³-hybridized carbons (Fsp3) is 0.263. The maximum absolute atomic E-state index is 14.4. The second kappa shape index (κ2) is 6.13. The fourth-order valence-corrected chi connectivity index (χ4v) is 3.38. The normalized spacial score (nSPS) is 19.9. The lowest BCUT2D eigenvalue weighted by molar-refractivity contribution is 0.122. The van der Waals surface area contributed by atoms with E-state index >= 15 is 0 Å². The number of fused-ring (bicyclic) bond motifs is 5. The number of rotatable bonds is 2. The Morgan fingerprint density at radius 3 is 2.59 bits per heavy atom. The van der Waals surface area contributed by atoms with E-state index < -0.39 is 23.5 Å². The van der Waals surface area contributed by atoms with Crippen LogP contribution in [-0.2, 0) is 0 Å². The van der Waals surface area contributed by atoms with Crippen LogP contribution >= 0.6 is 0 Å².